The summed E-state index contributed by atoms with van der Waals surface area (Å²) in [6.45, 7) is 5.77. The van der Waals surface area contributed by atoms with Gasteiger partial charge >= 0.3 is 0 Å². The first kappa shape index (κ1) is 20.9. The summed E-state index contributed by atoms with van der Waals surface area (Å²) in [7, 11) is -3.61. The van der Waals surface area contributed by atoms with Crippen LogP contribution in [0.3, 0.4) is 0 Å². The zero-order chi connectivity index (χ0) is 21.2. The van der Waals surface area contributed by atoms with Gasteiger partial charge in [-0.15, -0.1) is 0 Å². The summed E-state index contributed by atoms with van der Waals surface area (Å²) < 4.78 is 26.0. The van der Waals surface area contributed by atoms with E-state index in [0.29, 0.717) is 12.2 Å². The number of carbonyl (C=O) groups is 1. The minimum atomic E-state index is -3.61. The number of nitrogens with zero attached hydrogens (tertiary/aromatic N) is 1. The first-order chi connectivity index (χ1) is 13.6. The van der Waals surface area contributed by atoms with E-state index in [1.54, 1.807) is 0 Å². The van der Waals surface area contributed by atoms with Gasteiger partial charge in [-0.25, -0.2) is 8.42 Å². The second kappa shape index (κ2) is 8.25. The maximum Gasteiger partial charge on any atom is 0.241 e. The van der Waals surface area contributed by atoms with Crippen molar-refractivity contribution in [2.45, 2.75) is 27.3 Å². The number of amides is 1. The molecule has 6 heteroatoms. The highest BCUT2D eigenvalue weighted by molar-refractivity contribution is 7.92. The van der Waals surface area contributed by atoms with Crippen molar-refractivity contribution in [3.05, 3.63) is 76.9 Å². The molecule has 0 unspecified atom stereocenters. The first-order valence-corrected chi connectivity index (χ1v) is 11.3. The van der Waals surface area contributed by atoms with Gasteiger partial charge in [0.2, 0.25) is 15.9 Å². The molecule has 1 N–H and O–H groups in total. The molecule has 0 aliphatic rings. The first-order valence-electron chi connectivity index (χ1n) is 9.45. The standard InChI is InChI=1S/C23H26N2O3S/c1-16-11-17(2)23(18(3)12-16)25(29(4,27)28)15-22(26)24-14-19-9-10-20-7-5-6-8-21(20)13-19/h5-13H,14-15H2,1-4H3,(H,24,26). The Bertz CT molecular complexity index is 1150. The fraction of sp³-hybridized carbons (Fsp3) is 0.261. The number of hydrogen-bond acceptors (Lipinski definition) is 3. The zero-order valence-corrected chi connectivity index (χ0v) is 18.0. The van der Waals surface area contributed by atoms with E-state index in [4.69, 9.17) is 0 Å². The van der Waals surface area contributed by atoms with Crippen LogP contribution in [0.4, 0.5) is 5.69 Å². The van der Waals surface area contributed by atoms with E-state index in [1.807, 2.05) is 75.4 Å². The van der Waals surface area contributed by atoms with Gasteiger partial charge in [0.05, 0.1) is 11.9 Å². The predicted molar refractivity (Wildman–Crippen MR) is 119 cm³/mol. The van der Waals surface area contributed by atoms with Crippen LogP contribution >= 0.6 is 0 Å². The molecule has 1 amide bonds. The van der Waals surface area contributed by atoms with Crippen molar-refractivity contribution in [3.8, 4) is 0 Å². The van der Waals surface area contributed by atoms with Gasteiger partial charge in [0.15, 0.2) is 0 Å². The second-order valence-electron chi connectivity index (χ2n) is 7.48. The van der Waals surface area contributed by atoms with Gasteiger partial charge in [-0.2, -0.15) is 0 Å². The van der Waals surface area contributed by atoms with E-state index in [-0.39, 0.29) is 12.5 Å². The predicted octanol–water partition coefficient (Wildman–Crippen LogP) is 3.85. The molecule has 3 rings (SSSR count). The molecular weight excluding hydrogens is 384 g/mol. The van der Waals surface area contributed by atoms with Gasteiger partial charge in [-0.1, -0.05) is 54.1 Å². The van der Waals surface area contributed by atoms with Crippen LogP contribution in [0, 0.1) is 20.8 Å². The van der Waals surface area contributed by atoms with Crippen molar-refractivity contribution in [3.63, 3.8) is 0 Å². The lowest BCUT2D eigenvalue weighted by atomic mass is 10.1. The van der Waals surface area contributed by atoms with Crippen LogP contribution in [0.1, 0.15) is 22.3 Å². The van der Waals surface area contributed by atoms with E-state index in [0.717, 1.165) is 39.3 Å². The molecular formula is C23H26N2O3S. The molecule has 0 aliphatic heterocycles. The van der Waals surface area contributed by atoms with Crippen molar-refractivity contribution in [1.82, 2.24) is 5.32 Å². The summed E-state index contributed by atoms with van der Waals surface area (Å²) in [5, 5.41) is 5.08. The number of benzene rings is 3. The summed E-state index contributed by atoms with van der Waals surface area (Å²) >= 11 is 0. The molecule has 0 saturated heterocycles. The SMILES string of the molecule is Cc1cc(C)c(N(CC(=O)NCc2ccc3ccccc3c2)S(C)(=O)=O)c(C)c1. The molecule has 0 heterocycles. The fourth-order valence-corrected chi connectivity index (χ4v) is 4.64. The lowest BCUT2D eigenvalue weighted by Gasteiger charge is -2.26. The molecule has 0 bridgehead atoms. The average Bonchev–Trinajstić information content (AvgIpc) is 2.64. The molecule has 3 aromatic carbocycles. The van der Waals surface area contributed by atoms with Gasteiger partial charge in [0.1, 0.15) is 6.54 Å². The molecule has 0 fully saturated rings. The third-order valence-corrected chi connectivity index (χ3v) is 5.99. The Morgan fingerprint density at radius 3 is 2.17 bits per heavy atom. The van der Waals surface area contributed by atoms with Crippen LogP contribution in [0.25, 0.3) is 10.8 Å². The normalized spacial score (nSPS) is 11.4. The Hall–Kier alpha value is -2.86. The van der Waals surface area contributed by atoms with Crippen molar-refractivity contribution in [2.24, 2.45) is 0 Å². The van der Waals surface area contributed by atoms with Crippen LogP contribution in [-0.2, 0) is 21.4 Å². The number of fused-ring (bicyclic) bond motifs is 1. The second-order valence-corrected chi connectivity index (χ2v) is 9.38. The van der Waals surface area contributed by atoms with E-state index in [2.05, 4.69) is 5.32 Å². The Balaban J connectivity index is 1.77. The number of nitrogens with one attached hydrogen (secondary N) is 1. The van der Waals surface area contributed by atoms with E-state index < -0.39 is 10.0 Å². The highest BCUT2D eigenvalue weighted by Crippen LogP contribution is 2.28. The molecule has 3 aromatic rings. The zero-order valence-electron chi connectivity index (χ0n) is 17.2. The Morgan fingerprint density at radius 1 is 0.931 bits per heavy atom. The fourth-order valence-electron chi connectivity index (χ4n) is 3.66. The lowest BCUT2D eigenvalue weighted by molar-refractivity contribution is -0.119. The summed E-state index contributed by atoms with van der Waals surface area (Å²) in [5.41, 5.74) is 4.24. The Labute approximate surface area is 172 Å². The van der Waals surface area contributed by atoms with E-state index >= 15 is 0 Å². The van der Waals surface area contributed by atoms with Crippen molar-refractivity contribution >= 4 is 32.4 Å². The molecule has 0 aliphatic carbocycles. The number of anilines is 1. The van der Waals surface area contributed by atoms with Crippen LogP contribution in [0.15, 0.2) is 54.6 Å². The topological polar surface area (TPSA) is 66.5 Å². The summed E-state index contributed by atoms with van der Waals surface area (Å²) in [6, 6.07) is 17.9. The largest absolute Gasteiger partial charge is 0.350 e. The van der Waals surface area contributed by atoms with Crippen molar-refractivity contribution in [2.75, 3.05) is 17.1 Å². The van der Waals surface area contributed by atoms with Gasteiger partial charge in [0, 0.05) is 6.54 Å². The highest BCUT2D eigenvalue weighted by atomic mass is 32.2. The van der Waals surface area contributed by atoms with Crippen LogP contribution in [-0.4, -0.2) is 27.1 Å². The van der Waals surface area contributed by atoms with E-state index in [9.17, 15) is 13.2 Å². The smallest absolute Gasteiger partial charge is 0.241 e. The monoisotopic (exact) mass is 410 g/mol. The minimum absolute atomic E-state index is 0.253. The Kier molecular flexibility index (Phi) is 5.94. The lowest BCUT2D eigenvalue weighted by Crippen LogP contribution is -2.40. The molecule has 5 nitrogen and oxygen atoms in total. The van der Waals surface area contributed by atoms with Crippen LogP contribution in [0.2, 0.25) is 0 Å². The minimum Gasteiger partial charge on any atom is -0.350 e. The maximum absolute atomic E-state index is 12.6. The number of aryl methyl sites for hydroxylation is 3. The Morgan fingerprint density at radius 2 is 1.55 bits per heavy atom. The number of rotatable bonds is 6. The summed E-state index contributed by atoms with van der Waals surface area (Å²) in [4.78, 5) is 12.6. The third-order valence-electron chi connectivity index (χ3n) is 4.88. The van der Waals surface area contributed by atoms with Gasteiger partial charge in [-0.3, -0.25) is 9.10 Å². The number of carbonyl (C=O) groups excluding carboxylic acids is 1. The van der Waals surface area contributed by atoms with Gasteiger partial charge in [-0.05, 0) is 54.3 Å². The van der Waals surface area contributed by atoms with Crippen molar-refractivity contribution in [1.29, 1.82) is 0 Å². The molecule has 0 spiro atoms. The molecule has 0 aromatic heterocycles. The summed E-state index contributed by atoms with van der Waals surface area (Å²) in [5.74, 6) is -0.344. The van der Waals surface area contributed by atoms with Gasteiger partial charge < -0.3 is 5.32 Å². The molecule has 29 heavy (non-hydrogen) atoms. The average molecular weight is 411 g/mol. The molecule has 0 radical (unpaired) electrons. The molecule has 0 saturated carbocycles. The van der Waals surface area contributed by atoms with Crippen LogP contribution in [0.5, 0.6) is 0 Å². The van der Waals surface area contributed by atoms with Gasteiger partial charge in [0.25, 0.3) is 0 Å². The molecule has 0 atom stereocenters. The summed E-state index contributed by atoms with van der Waals surface area (Å²) in [6.07, 6.45) is 1.13. The highest BCUT2D eigenvalue weighted by Gasteiger charge is 2.24. The molecule has 152 valence electrons. The third kappa shape index (κ3) is 4.95. The van der Waals surface area contributed by atoms with Crippen molar-refractivity contribution < 1.29 is 13.2 Å². The van der Waals surface area contributed by atoms with Crippen LogP contribution < -0.4 is 9.62 Å². The quantitative estimate of drug-likeness (QED) is 0.671. The van der Waals surface area contributed by atoms with E-state index in [1.165, 1.54) is 4.31 Å². The number of hydrogen-bond donors (Lipinski definition) is 1. The maximum atomic E-state index is 12.6. The number of sulfonamides is 1.